The van der Waals surface area contributed by atoms with Gasteiger partial charge in [-0.2, -0.15) is 0 Å². The number of carbonyl (C=O) groups is 2. The van der Waals surface area contributed by atoms with Gasteiger partial charge in [0.1, 0.15) is 0 Å². The van der Waals surface area contributed by atoms with Crippen molar-refractivity contribution >= 4 is 17.6 Å². The molecule has 0 aliphatic heterocycles. The van der Waals surface area contributed by atoms with Crippen LogP contribution in [0.4, 0.5) is 0 Å². The standard InChI is InChI=1S/C20H20O4/c1-20(2,19(23)15-7-5-4-6-8-15)18(22)12-10-14-9-11-16(21)17(13-14)24-3/h4-13,21H,1-3H3/b12-10+. The Hall–Kier alpha value is -2.88. The summed E-state index contributed by atoms with van der Waals surface area (Å²) in [5, 5.41) is 9.58. The Morgan fingerprint density at radius 1 is 1.08 bits per heavy atom. The van der Waals surface area contributed by atoms with E-state index in [2.05, 4.69) is 0 Å². The number of hydrogen-bond donors (Lipinski definition) is 1. The van der Waals surface area contributed by atoms with Gasteiger partial charge in [0.25, 0.3) is 0 Å². The van der Waals surface area contributed by atoms with Crippen LogP contribution in [0.2, 0.25) is 0 Å². The third-order valence-corrected chi connectivity index (χ3v) is 3.85. The Bertz CT molecular complexity index is 773. The van der Waals surface area contributed by atoms with Crippen LogP contribution >= 0.6 is 0 Å². The van der Waals surface area contributed by atoms with Gasteiger partial charge >= 0.3 is 0 Å². The summed E-state index contributed by atoms with van der Waals surface area (Å²) >= 11 is 0. The molecule has 4 heteroatoms. The number of hydrogen-bond acceptors (Lipinski definition) is 4. The minimum Gasteiger partial charge on any atom is -0.504 e. The highest BCUT2D eigenvalue weighted by Crippen LogP contribution is 2.28. The molecule has 0 unspecified atom stereocenters. The molecule has 4 nitrogen and oxygen atoms in total. The van der Waals surface area contributed by atoms with Gasteiger partial charge in [-0.15, -0.1) is 0 Å². The number of ether oxygens (including phenoxy) is 1. The lowest BCUT2D eigenvalue weighted by Crippen LogP contribution is -2.32. The maximum atomic E-state index is 12.6. The fourth-order valence-corrected chi connectivity index (χ4v) is 2.24. The van der Waals surface area contributed by atoms with Crippen molar-refractivity contribution in [3.05, 3.63) is 65.7 Å². The van der Waals surface area contributed by atoms with Crippen molar-refractivity contribution < 1.29 is 19.4 Å². The SMILES string of the molecule is COc1cc(/C=C/C(=O)C(C)(C)C(=O)c2ccccc2)ccc1O. The number of methoxy groups -OCH3 is 1. The summed E-state index contributed by atoms with van der Waals surface area (Å²) in [5.74, 6) is -0.158. The summed E-state index contributed by atoms with van der Waals surface area (Å²) in [7, 11) is 1.45. The molecule has 0 radical (unpaired) electrons. The van der Waals surface area contributed by atoms with Crippen molar-refractivity contribution in [2.45, 2.75) is 13.8 Å². The second kappa shape index (κ2) is 7.13. The van der Waals surface area contributed by atoms with Crippen molar-refractivity contribution in [2.75, 3.05) is 7.11 Å². The smallest absolute Gasteiger partial charge is 0.176 e. The van der Waals surface area contributed by atoms with Crippen LogP contribution in [0.5, 0.6) is 11.5 Å². The van der Waals surface area contributed by atoms with Crippen LogP contribution in [0.3, 0.4) is 0 Å². The number of allylic oxidation sites excluding steroid dienone is 1. The van der Waals surface area contributed by atoms with Gasteiger partial charge in [0.15, 0.2) is 23.1 Å². The van der Waals surface area contributed by atoms with Crippen LogP contribution in [0.1, 0.15) is 29.8 Å². The molecule has 0 aliphatic carbocycles. The lowest BCUT2D eigenvalue weighted by atomic mass is 9.80. The molecule has 0 bridgehead atoms. The maximum absolute atomic E-state index is 12.6. The molecule has 0 spiro atoms. The lowest BCUT2D eigenvalue weighted by Gasteiger charge is -2.19. The third kappa shape index (κ3) is 3.71. The predicted molar refractivity (Wildman–Crippen MR) is 93.3 cm³/mol. The van der Waals surface area contributed by atoms with Crippen LogP contribution in [0, 0.1) is 5.41 Å². The third-order valence-electron chi connectivity index (χ3n) is 3.85. The van der Waals surface area contributed by atoms with E-state index in [0.717, 1.165) is 0 Å². The molecule has 0 saturated heterocycles. The molecule has 0 fully saturated rings. The highest BCUT2D eigenvalue weighted by Gasteiger charge is 2.34. The van der Waals surface area contributed by atoms with Gasteiger partial charge in [0.05, 0.1) is 12.5 Å². The normalized spacial score (nSPS) is 11.5. The zero-order valence-electron chi connectivity index (χ0n) is 13.9. The van der Waals surface area contributed by atoms with E-state index in [1.807, 2.05) is 6.07 Å². The monoisotopic (exact) mass is 324 g/mol. The van der Waals surface area contributed by atoms with Crippen molar-refractivity contribution in [1.82, 2.24) is 0 Å². The van der Waals surface area contributed by atoms with E-state index in [-0.39, 0.29) is 17.3 Å². The van der Waals surface area contributed by atoms with E-state index < -0.39 is 5.41 Å². The molecule has 0 aromatic heterocycles. The van der Waals surface area contributed by atoms with Crippen molar-refractivity contribution in [3.63, 3.8) is 0 Å². The maximum Gasteiger partial charge on any atom is 0.176 e. The Morgan fingerprint density at radius 2 is 1.75 bits per heavy atom. The molecule has 0 aliphatic rings. The highest BCUT2D eigenvalue weighted by molar-refractivity contribution is 6.17. The molecule has 0 amide bonds. The van der Waals surface area contributed by atoms with Gasteiger partial charge in [-0.3, -0.25) is 9.59 Å². The Labute approximate surface area is 141 Å². The van der Waals surface area contributed by atoms with Gasteiger partial charge in [-0.25, -0.2) is 0 Å². The molecule has 2 rings (SSSR count). The second-order valence-electron chi connectivity index (χ2n) is 5.95. The summed E-state index contributed by atoms with van der Waals surface area (Å²) in [6.45, 7) is 3.23. The first-order valence-electron chi connectivity index (χ1n) is 7.55. The van der Waals surface area contributed by atoms with E-state index in [1.54, 1.807) is 56.3 Å². The first-order valence-corrected chi connectivity index (χ1v) is 7.55. The Balaban J connectivity index is 2.20. The average Bonchev–Trinajstić information content (AvgIpc) is 2.60. The minimum absolute atomic E-state index is 0.0283. The van der Waals surface area contributed by atoms with Crippen LogP contribution < -0.4 is 4.74 Å². The van der Waals surface area contributed by atoms with E-state index in [9.17, 15) is 14.7 Å². The summed E-state index contributed by atoms with van der Waals surface area (Å²) in [6.07, 6.45) is 2.98. The Morgan fingerprint density at radius 3 is 2.38 bits per heavy atom. The molecule has 24 heavy (non-hydrogen) atoms. The van der Waals surface area contributed by atoms with E-state index in [4.69, 9.17) is 4.74 Å². The number of phenolic OH excluding ortho intramolecular Hbond substituents is 1. The van der Waals surface area contributed by atoms with Crippen molar-refractivity contribution in [2.24, 2.45) is 5.41 Å². The first kappa shape index (κ1) is 17.5. The Kier molecular flexibility index (Phi) is 5.19. The van der Waals surface area contributed by atoms with E-state index in [1.165, 1.54) is 19.3 Å². The number of rotatable bonds is 6. The van der Waals surface area contributed by atoms with Crippen LogP contribution in [0.15, 0.2) is 54.6 Å². The van der Waals surface area contributed by atoms with Crippen molar-refractivity contribution in [1.29, 1.82) is 0 Å². The van der Waals surface area contributed by atoms with E-state index in [0.29, 0.717) is 16.9 Å². The van der Waals surface area contributed by atoms with Crippen LogP contribution in [-0.2, 0) is 4.79 Å². The highest BCUT2D eigenvalue weighted by atomic mass is 16.5. The quantitative estimate of drug-likeness (QED) is 0.497. The predicted octanol–water partition coefficient (Wildman–Crippen LogP) is 3.89. The number of phenols is 1. The van der Waals surface area contributed by atoms with Crippen molar-refractivity contribution in [3.8, 4) is 11.5 Å². The number of Topliss-reactive ketones (excluding diaryl/α,β-unsaturated/α-hetero) is 1. The second-order valence-corrected chi connectivity index (χ2v) is 5.95. The molecular weight excluding hydrogens is 304 g/mol. The van der Waals surface area contributed by atoms with Crippen LogP contribution in [-0.4, -0.2) is 23.8 Å². The summed E-state index contributed by atoms with van der Waals surface area (Å²) in [5.41, 5.74) is 0.0512. The molecule has 0 atom stereocenters. The fraction of sp³-hybridized carbons (Fsp3) is 0.200. The lowest BCUT2D eigenvalue weighted by molar-refractivity contribution is -0.120. The van der Waals surface area contributed by atoms with Gasteiger partial charge < -0.3 is 9.84 Å². The van der Waals surface area contributed by atoms with Gasteiger partial charge in [-0.1, -0.05) is 42.5 Å². The van der Waals surface area contributed by atoms with Gasteiger partial charge in [0.2, 0.25) is 0 Å². The number of aromatic hydroxyl groups is 1. The van der Waals surface area contributed by atoms with Crippen LogP contribution in [0.25, 0.3) is 6.08 Å². The summed E-state index contributed by atoms with van der Waals surface area (Å²) in [6, 6.07) is 13.5. The molecule has 124 valence electrons. The largest absolute Gasteiger partial charge is 0.504 e. The first-order chi connectivity index (χ1) is 11.4. The molecular formula is C20H20O4. The minimum atomic E-state index is -1.15. The molecule has 0 saturated carbocycles. The summed E-state index contributed by atoms with van der Waals surface area (Å²) in [4.78, 5) is 25.0. The average molecular weight is 324 g/mol. The molecule has 2 aromatic rings. The molecule has 2 aromatic carbocycles. The fourth-order valence-electron chi connectivity index (χ4n) is 2.24. The number of carbonyl (C=O) groups excluding carboxylic acids is 2. The topological polar surface area (TPSA) is 63.6 Å². The van der Waals surface area contributed by atoms with Gasteiger partial charge in [-0.05, 0) is 37.6 Å². The zero-order valence-corrected chi connectivity index (χ0v) is 13.9. The molecule has 0 heterocycles. The van der Waals surface area contributed by atoms with E-state index >= 15 is 0 Å². The molecule has 1 N–H and O–H groups in total. The zero-order chi connectivity index (χ0) is 17.7. The number of benzene rings is 2. The number of ketones is 2. The van der Waals surface area contributed by atoms with Gasteiger partial charge in [0, 0.05) is 5.56 Å². The summed E-state index contributed by atoms with van der Waals surface area (Å²) < 4.78 is 5.03.